The van der Waals surface area contributed by atoms with E-state index in [-0.39, 0.29) is 23.4 Å². The summed E-state index contributed by atoms with van der Waals surface area (Å²) in [7, 11) is -0.0452. The number of hydrogen-bond acceptors (Lipinski definition) is 5. The van der Waals surface area contributed by atoms with Crippen LogP contribution in [0.25, 0.3) is 0 Å². The normalized spacial score (nSPS) is 23.1. The molecule has 29 heavy (non-hydrogen) atoms. The second-order valence-electron chi connectivity index (χ2n) is 11.2. The zero-order chi connectivity index (χ0) is 21.8. The monoisotopic (exact) mass is 421 g/mol. The highest BCUT2D eigenvalue weighted by molar-refractivity contribution is 6.74. The van der Waals surface area contributed by atoms with Crippen molar-refractivity contribution in [3.63, 3.8) is 0 Å². The Labute approximate surface area is 178 Å². The van der Waals surface area contributed by atoms with Crippen molar-refractivity contribution in [2.75, 3.05) is 18.0 Å². The van der Waals surface area contributed by atoms with Crippen LogP contribution in [0.1, 0.15) is 61.3 Å². The second-order valence-corrected chi connectivity index (χ2v) is 16.0. The van der Waals surface area contributed by atoms with Crippen molar-refractivity contribution in [2.24, 2.45) is 7.05 Å². The van der Waals surface area contributed by atoms with Gasteiger partial charge in [-0.1, -0.05) is 20.8 Å². The lowest BCUT2D eigenvalue weighted by Gasteiger charge is -2.42. The molecule has 0 N–H and O–H groups in total. The molecule has 3 rings (SSSR count). The molecular weight excluding hydrogens is 381 g/mol. The molecule has 0 atom stereocenters. The van der Waals surface area contributed by atoms with E-state index in [0.29, 0.717) is 6.10 Å². The topological polar surface area (TPSA) is 48.8 Å². The van der Waals surface area contributed by atoms with Crippen LogP contribution in [-0.2, 0) is 20.8 Å². The van der Waals surface area contributed by atoms with E-state index in [1.165, 1.54) is 0 Å². The first-order valence-electron chi connectivity index (χ1n) is 10.9. The van der Waals surface area contributed by atoms with Gasteiger partial charge in [-0.3, -0.25) is 0 Å². The zero-order valence-corrected chi connectivity index (χ0v) is 21.1. The zero-order valence-electron chi connectivity index (χ0n) is 20.1. The van der Waals surface area contributed by atoms with E-state index < -0.39 is 8.32 Å². The fourth-order valence-corrected chi connectivity index (χ4v) is 5.08. The molecule has 2 aliphatic rings. The minimum absolute atomic E-state index is 0.252. The van der Waals surface area contributed by atoms with Gasteiger partial charge in [0.1, 0.15) is 0 Å². The largest absolute Gasteiger partial charge is 0.514 e. The van der Waals surface area contributed by atoms with Gasteiger partial charge in [0.05, 0.1) is 16.8 Å². The van der Waals surface area contributed by atoms with E-state index in [2.05, 4.69) is 78.1 Å². The molecule has 0 saturated carbocycles. The summed E-state index contributed by atoms with van der Waals surface area (Å²) < 4.78 is 21.2. The van der Waals surface area contributed by atoms with Crippen molar-refractivity contribution >= 4 is 27.0 Å². The lowest BCUT2D eigenvalue weighted by molar-refractivity contribution is 0.00578. The maximum absolute atomic E-state index is 6.63. The predicted octanol–water partition coefficient (Wildman–Crippen LogP) is 3.71. The van der Waals surface area contributed by atoms with Gasteiger partial charge in [0.15, 0.2) is 8.32 Å². The summed E-state index contributed by atoms with van der Waals surface area (Å²) in [4.78, 5) is 7.08. The van der Waals surface area contributed by atoms with Gasteiger partial charge >= 0.3 is 7.12 Å². The molecule has 0 amide bonds. The molecule has 1 aromatic rings. The summed E-state index contributed by atoms with van der Waals surface area (Å²) in [6, 6.07) is 0. The number of rotatable bonds is 4. The summed E-state index contributed by atoms with van der Waals surface area (Å²) in [5.41, 5.74) is 0.279. The van der Waals surface area contributed by atoms with Crippen molar-refractivity contribution in [2.45, 2.75) is 96.7 Å². The third-order valence-electron chi connectivity index (χ3n) is 7.49. The van der Waals surface area contributed by atoms with Gasteiger partial charge in [0, 0.05) is 32.4 Å². The molecule has 164 valence electrons. The lowest BCUT2D eigenvalue weighted by Crippen LogP contribution is -2.48. The quantitative estimate of drug-likeness (QED) is 0.694. The molecule has 2 fully saturated rings. The summed E-state index contributed by atoms with van der Waals surface area (Å²) in [6.45, 7) is 21.9. The minimum Gasteiger partial charge on any atom is -0.414 e. The Morgan fingerprint density at radius 3 is 2.10 bits per heavy atom. The van der Waals surface area contributed by atoms with Crippen LogP contribution in [0.3, 0.4) is 0 Å². The highest BCUT2D eigenvalue weighted by Crippen LogP contribution is 2.39. The van der Waals surface area contributed by atoms with Crippen LogP contribution >= 0.6 is 0 Å². The van der Waals surface area contributed by atoms with Crippen LogP contribution < -0.4 is 10.5 Å². The second kappa shape index (κ2) is 7.39. The van der Waals surface area contributed by atoms with Crippen LogP contribution in [0.2, 0.25) is 18.1 Å². The summed E-state index contributed by atoms with van der Waals surface area (Å²) in [5, 5.41) is 0.252. The molecule has 2 saturated heterocycles. The van der Waals surface area contributed by atoms with Gasteiger partial charge in [0.25, 0.3) is 0 Å². The highest BCUT2D eigenvalue weighted by atomic mass is 28.4. The van der Waals surface area contributed by atoms with Crippen molar-refractivity contribution < 1.29 is 13.7 Å². The van der Waals surface area contributed by atoms with Crippen LogP contribution in [-0.4, -0.2) is 55.4 Å². The molecule has 0 spiro atoms. The Kier molecular flexibility index (Phi) is 5.83. The van der Waals surface area contributed by atoms with E-state index in [9.17, 15) is 0 Å². The number of imidazole rings is 1. The predicted molar refractivity (Wildman–Crippen MR) is 122 cm³/mol. The number of piperidine rings is 1. The third kappa shape index (κ3) is 4.31. The Balaban J connectivity index is 1.65. The molecule has 2 aliphatic heterocycles. The van der Waals surface area contributed by atoms with Gasteiger partial charge in [-0.25, -0.2) is 4.98 Å². The van der Waals surface area contributed by atoms with Crippen LogP contribution in [0.15, 0.2) is 6.20 Å². The molecule has 0 aliphatic carbocycles. The van der Waals surface area contributed by atoms with Crippen LogP contribution in [0.4, 0.5) is 5.95 Å². The number of anilines is 1. The van der Waals surface area contributed by atoms with Crippen molar-refractivity contribution in [3.05, 3.63) is 6.20 Å². The Hall–Kier alpha value is -0.828. The van der Waals surface area contributed by atoms with E-state index in [1.54, 1.807) is 0 Å². The molecule has 0 unspecified atom stereocenters. The maximum Gasteiger partial charge on any atom is 0.514 e. The average molecular weight is 421 g/mol. The van der Waals surface area contributed by atoms with Gasteiger partial charge in [-0.15, -0.1) is 0 Å². The highest BCUT2D eigenvalue weighted by Gasteiger charge is 2.53. The molecule has 3 heterocycles. The van der Waals surface area contributed by atoms with E-state index >= 15 is 0 Å². The van der Waals surface area contributed by atoms with E-state index in [1.807, 2.05) is 6.20 Å². The first-order valence-corrected chi connectivity index (χ1v) is 13.9. The maximum atomic E-state index is 6.63. The smallest absolute Gasteiger partial charge is 0.414 e. The summed E-state index contributed by atoms with van der Waals surface area (Å²) >= 11 is 0. The Bertz CT molecular complexity index is 718. The fraction of sp³-hybridized carbons (Fsp3) is 0.857. The molecular formula is C21H40BN3O3Si. The van der Waals surface area contributed by atoms with Gasteiger partial charge in [-0.2, -0.15) is 0 Å². The SMILES string of the molecule is Cn1c(B2OC(C)(C)C(C)(C)O2)cnc1N1CCC(O[Si](C)(C)C(C)(C)C)CC1. The number of aromatic nitrogens is 2. The van der Waals surface area contributed by atoms with Crippen molar-refractivity contribution in [3.8, 4) is 0 Å². The number of nitrogens with zero attached hydrogens (tertiary/aromatic N) is 3. The number of hydrogen-bond donors (Lipinski definition) is 0. The summed E-state index contributed by atoms with van der Waals surface area (Å²) in [5.74, 6) is 0.987. The molecule has 0 bridgehead atoms. The van der Waals surface area contributed by atoms with Gasteiger partial charge < -0.3 is 23.2 Å². The van der Waals surface area contributed by atoms with E-state index in [0.717, 1.165) is 37.5 Å². The van der Waals surface area contributed by atoms with Gasteiger partial charge in [0.2, 0.25) is 5.95 Å². The van der Waals surface area contributed by atoms with Crippen molar-refractivity contribution in [1.29, 1.82) is 0 Å². The molecule has 6 nitrogen and oxygen atoms in total. The summed E-state index contributed by atoms with van der Waals surface area (Å²) in [6.07, 6.45) is 4.35. The molecule has 0 aromatic carbocycles. The van der Waals surface area contributed by atoms with Gasteiger partial charge in [-0.05, 0) is 58.7 Å². The molecule has 0 radical (unpaired) electrons. The van der Waals surface area contributed by atoms with Crippen molar-refractivity contribution in [1.82, 2.24) is 9.55 Å². The van der Waals surface area contributed by atoms with Crippen LogP contribution in [0, 0.1) is 0 Å². The fourth-order valence-electron chi connectivity index (χ4n) is 3.66. The standard InChI is InChI=1S/C21H40BN3O3Si/c1-19(2,3)29(9,10)26-16-11-13-25(14-12-16)18-23-15-17(24(18)8)22-27-20(4,5)21(6,7)28-22/h15-16H,11-14H2,1-10H3. The average Bonchev–Trinajstić information content (AvgIpc) is 3.03. The Morgan fingerprint density at radius 1 is 1.10 bits per heavy atom. The minimum atomic E-state index is -1.72. The molecule has 1 aromatic heterocycles. The Morgan fingerprint density at radius 2 is 1.62 bits per heavy atom. The van der Waals surface area contributed by atoms with Crippen LogP contribution in [0.5, 0.6) is 0 Å². The lowest BCUT2D eigenvalue weighted by atomic mass is 9.85. The third-order valence-corrected chi connectivity index (χ3v) is 12.0. The van der Waals surface area contributed by atoms with E-state index in [4.69, 9.17) is 18.7 Å². The first-order chi connectivity index (χ1) is 13.1. The molecule has 8 heteroatoms. The first kappa shape index (κ1) is 22.8.